The van der Waals surface area contributed by atoms with Crippen molar-refractivity contribution < 1.29 is 18.7 Å². The number of carbonyl (C=O) groups is 1. The highest BCUT2D eigenvalue weighted by atomic mass is 79.9. The number of halogens is 2. The van der Waals surface area contributed by atoms with E-state index in [4.69, 9.17) is 9.47 Å². The zero-order chi connectivity index (χ0) is 25.6. The molecule has 0 saturated carbocycles. The Hall–Kier alpha value is -2.14. The predicted octanol–water partition coefficient (Wildman–Crippen LogP) is 8.72. The van der Waals surface area contributed by atoms with E-state index in [1.54, 1.807) is 19.9 Å². The fourth-order valence-electron chi connectivity index (χ4n) is 4.37. The molecule has 1 aliphatic carbocycles. The van der Waals surface area contributed by atoms with E-state index in [-0.39, 0.29) is 11.2 Å². The van der Waals surface area contributed by atoms with Crippen molar-refractivity contribution in [3.8, 4) is 5.75 Å². The summed E-state index contributed by atoms with van der Waals surface area (Å²) in [5.74, 6) is 0.246. The molecule has 0 unspecified atom stereocenters. The molecule has 0 N–H and O–H groups in total. The summed E-state index contributed by atoms with van der Waals surface area (Å²) < 4.78 is 27.5. The van der Waals surface area contributed by atoms with Crippen LogP contribution in [0.15, 0.2) is 46.2 Å². The summed E-state index contributed by atoms with van der Waals surface area (Å²) in [4.78, 5) is 11.7. The number of carbonyl (C=O) groups excluding carboxylic acids is 1. The van der Waals surface area contributed by atoms with E-state index in [1.165, 1.54) is 23.3 Å². The molecule has 2 rings (SSSR count). The number of esters is 1. The molecule has 0 spiro atoms. The average molecular weight is 534 g/mol. The quantitative estimate of drug-likeness (QED) is 0.181. The molecular weight excluding hydrogens is 495 g/mol. The monoisotopic (exact) mass is 532 g/mol. The third-order valence-electron chi connectivity index (χ3n) is 6.04. The van der Waals surface area contributed by atoms with Crippen molar-refractivity contribution in [1.29, 1.82) is 0 Å². The van der Waals surface area contributed by atoms with Gasteiger partial charge in [-0.25, -0.2) is 9.18 Å². The molecule has 0 saturated heterocycles. The van der Waals surface area contributed by atoms with Gasteiger partial charge in [-0.05, 0) is 101 Å². The van der Waals surface area contributed by atoms with Crippen LogP contribution < -0.4 is 4.74 Å². The van der Waals surface area contributed by atoms with Crippen molar-refractivity contribution in [2.24, 2.45) is 5.92 Å². The molecule has 1 aliphatic rings. The number of rotatable bonds is 9. The Morgan fingerprint density at radius 1 is 1.21 bits per heavy atom. The van der Waals surface area contributed by atoms with Gasteiger partial charge in [0, 0.05) is 11.6 Å². The highest BCUT2D eigenvalue weighted by molar-refractivity contribution is 9.10. The molecule has 0 atom stereocenters. The van der Waals surface area contributed by atoms with Crippen LogP contribution in [0.1, 0.15) is 84.9 Å². The lowest BCUT2D eigenvalue weighted by molar-refractivity contribution is -0.137. The maximum absolute atomic E-state index is 15.6. The van der Waals surface area contributed by atoms with Crippen molar-refractivity contribution in [3.05, 3.63) is 62.9 Å². The molecule has 0 bridgehead atoms. The molecule has 3 nitrogen and oxygen atoms in total. The molecule has 186 valence electrons. The third kappa shape index (κ3) is 6.29. The van der Waals surface area contributed by atoms with Gasteiger partial charge < -0.3 is 9.47 Å². The van der Waals surface area contributed by atoms with Gasteiger partial charge in [0.15, 0.2) is 0 Å². The molecule has 34 heavy (non-hydrogen) atoms. The van der Waals surface area contributed by atoms with Crippen LogP contribution in [0.2, 0.25) is 0 Å². The zero-order valence-electron chi connectivity index (χ0n) is 21.8. The Morgan fingerprint density at radius 3 is 2.44 bits per heavy atom. The largest absolute Gasteiger partial charge is 0.492 e. The Bertz CT molecular complexity index is 1040. The first kappa shape index (κ1) is 28.1. The minimum atomic E-state index is -0.433. The fourth-order valence-corrected chi connectivity index (χ4v) is 5.44. The van der Waals surface area contributed by atoms with Gasteiger partial charge in [-0.3, -0.25) is 0 Å². The number of hydrogen-bond acceptors (Lipinski definition) is 3. The zero-order valence-corrected chi connectivity index (χ0v) is 23.4. The second kappa shape index (κ2) is 12.0. The third-order valence-corrected chi connectivity index (χ3v) is 6.80. The number of allylic oxidation sites excluding steroid dienone is 7. The first-order valence-corrected chi connectivity index (χ1v) is 12.9. The molecule has 0 heterocycles. The lowest BCUT2D eigenvalue weighted by atomic mass is 9.70. The van der Waals surface area contributed by atoms with Crippen LogP contribution in [0.25, 0.3) is 11.1 Å². The summed E-state index contributed by atoms with van der Waals surface area (Å²) in [5, 5.41) is 0. The number of ether oxygens (including phenoxy) is 2. The topological polar surface area (TPSA) is 35.5 Å². The number of benzene rings is 1. The summed E-state index contributed by atoms with van der Waals surface area (Å²) in [5.41, 5.74) is 5.52. The molecule has 1 aromatic carbocycles. The van der Waals surface area contributed by atoms with Gasteiger partial charge in [0.05, 0.1) is 17.7 Å². The maximum Gasteiger partial charge on any atom is 0.330 e. The van der Waals surface area contributed by atoms with E-state index in [0.717, 1.165) is 22.0 Å². The second-order valence-electron chi connectivity index (χ2n) is 9.48. The molecule has 0 aromatic heterocycles. The van der Waals surface area contributed by atoms with Crippen molar-refractivity contribution in [1.82, 2.24) is 0 Å². The first-order chi connectivity index (χ1) is 16.0. The van der Waals surface area contributed by atoms with E-state index in [9.17, 15) is 4.79 Å². The van der Waals surface area contributed by atoms with Gasteiger partial charge in [-0.1, -0.05) is 46.8 Å². The highest BCUT2D eigenvalue weighted by Gasteiger charge is 2.34. The smallest absolute Gasteiger partial charge is 0.330 e. The van der Waals surface area contributed by atoms with E-state index >= 15 is 4.39 Å². The van der Waals surface area contributed by atoms with Crippen molar-refractivity contribution in [3.63, 3.8) is 0 Å². The van der Waals surface area contributed by atoms with Crippen LogP contribution in [-0.4, -0.2) is 19.2 Å². The lowest BCUT2D eigenvalue weighted by Gasteiger charge is -2.36. The van der Waals surface area contributed by atoms with Gasteiger partial charge in [0.2, 0.25) is 0 Å². The van der Waals surface area contributed by atoms with E-state index < -0.39 is 5.97 Å². The maximum atomic E-state index is 15.6. The van der Waals surface area contributed by atoms with E-state index in [1.807, 2.05) is 13.8 Å². The molecule has 0 radical (unpaired) electrons. The van der Waals surface area contributed by atoms with Gasteiger partial charge in [0.25, 0.3) is 0 Å². The minimum absolute atomic E-state index is 0.0690. The van der Waals surface area contributed by atoms with Gasteiger partial charge in [0.1, 0.15) is 11.6 Å². The second-order valence-corrected chi connectivity index (χ2v) is 10.3. The molecule has 5 heteroatoms. The molecule has 0 aliphatic heterocycles. The van der Waals surface area contributed by atoms with Crippen LogP contribution in [-0.2, 0) is 14.9 Å². The van der Waals surface area contributed by atoms with E-state index in [2.05, 4.69) is 55.8 Å². The van der Waals surface area contributed by atoms with Crippen LogP contribution in [0.5, 0.6) is 5.75 Å². The summed E-state index contributed by atoms with van der Waals surface area (Å²) in [6.07, 6.45) is 8.12. The standard InChI is InChI=1S/C29H38BrFO3/c1-9-20(24(31)13-12-19(6)16-25(32)33-10-2)23-17-22-21(18(4)5)14-15-29(7,8)26(22)27(30)28(23)34-11-3/h12-14,16-18H,9-11,15H2,1-8H3/b13-12+,19-16+,24-20+. The summed E-state index contributed by atoms with van der Waals surface area (Å²) >= 11 is 3.85. The van der Waals surface area contributed by atoms with Crippen LogP contribution in [0.4, 0.5) is 4.39 Å². The SMILES string of the molecule is CCOC(=O)/C=C(C)/C=C/C(F)=C(/CC)c1cc2c(c(Br)c1OCC)C(C)(C)CC=C2C(C)C. The summed E-state index contributed by atoms with van der Waals surface area (Å²) in [6.45, 7) is 17.0. The Balaban J connectivity index is 2.71. The van der Waals surface area contributed by atoms with Crippen molar-refractivity contribution in [2.45, 2.75) is 73.6 Å². The predicted molar refractivity (Wildman–Crippen MR) is 144 cm³/mol. The van der Waals surface area contributed by atoms with Gasteiger partial charge in [-0.2, -0.15) is 0 Å². The molecule has 0 fully saturated rings. The van der Waals surface area contributed by atoms with Crippen LogP contribution in [0, 0.1) is 5.92 Å². The average Bonchev–Trinajstić information content (AvgIpc) is 2.74. The molecule has 0 amide bonds. The summed E-state index contributed by atoms with van der Waals surface area (Å²) in [6, 6.07) is 2.10. The number of hydrogen-bond donors (Lipinski definition) is 0. The Labute approximate surface area is 212 Å². The van der Waals surface area contributed by atoms with Gasteiger partial charge >= 0.3 is 5.97 Å². The Kier molecular flexibility index (Phi) is 9.93. The van der Waals surface area contributed by atoms with Gasteiger partial charge in [-0.15, -0.1) is 0 Å². The highest BCUT2D eigenvalue weighted by Crippen LogP contribution is 2.50. The normalized spacial score (nSPS) is 16.3. The van der Waals surface area contributed by atoms with Crippen LogP contribution in [0.3, 0.4) is 0 Å². The minimum Gasteiger partial charge on any atom is -0.492 e. The molecular formula is C29H38BrFO3. The Morgan fingerprint density at radius 2 is 1.88 bits per heavy atom. The van der Waals surface area contributed by atoms with E-state index in [0.29, 0.717) is 42.4 Å². The van der Waals surface area contributed by atoms with Crippen molar-refractivity contribution >= 4 is 33.0 Å². The first-order valence-electron chi connectivity index (χ1n) is 12.1. The fraction of sp³-hybridized carbons (Fsp3) is 0.483. The lowest BCUT2D eigenvalue weighted by Crippen LogP contribution is -2.24. The van der Waals surface area contributed by atoms with Crippen LogP contribution >= 0.6 is 15.9 Å². The summed E-state index contributed by atoms with van der Waals surface area (Å²) in [7, 11) is 0. The van der Waals surface area contributed by atoms with Crippen molar-refractivity contribution in [2.75, 3.05) is 13.2 Å². The number of fused-ring (bicyclic) bond motifs is 1. The molecule has 1 aromatic rings.